The highest BCUT2D eigenvalue weighted by atomic mass is 35.5. The molecule has 1 unspecified atom stereocenters. The minimum atomic E-state index is -0.671. The summed E-state index contributed by atoms with van der Waals surface area (Å²) in [5.74, 6) is -1.32. The van der Waals surface area contributed by atoms with E-state index in [0.717, 1.165) is 23.2 Å². The molecule has 1 amide bonds. The Kier molecular flexibility index (Phi) is 10.00. The zero-order valence-electron chi connectivity index (χ0n) is 20.4. The van der Waals surface area contributed by atoms with Crippen LogP contribution in [0, 0.1) is 11.3 Å². The van der Waals surface area contributed by atoms with E-state index in [9.17, 15) is 14.9 Å². The molecule has 9 heteroatoms. The fourth-order valence-corrected chi connectivity index (χ4v) is 4.87. The molecule has 1 aliphatic rings. The molecule has 1 heterocycles. The third-order valence-electron chi connectivity index (χ3n) is 5.61. The molecule has 1 aliphatic heterocycles. The summed E-state index contributed by atoms with van der Waals surface area (Å²) in [7, 11) is 1.52. The highest BCUT2D eigenvalue weighted by Crippen LogP contribution is 2.41. The number of para-hydroxylation sites is 1. The average Bonchev–Trinajstić information content (AvgIpc) is 2.88. The minimum Gasteiger partial charge on any atom is -0.460 e. The first-order chi connectivity index (χ1) is 17.4. The van der Waals surface area contributed by atoms with Gasteiger partial charge in [0, 0.05) is 23.5 Å². The maximum absolute atomic E-state index is 13.0. The fourth-order valence-electron chi connectivity index (χ4n) is 3.86. The van der Waals surface area contributed by atoms with Crippen molar-refractivity contribution in [3.63, 3.8) is 0 Å². The van der Waals surface area contributed by atoms with Crippen LogP contribution in [-0.2, 0) is 25.5 Å². The van der Waals surface area contributed by atoms with Crippen LogP contribution in [0.25, 0.3) is 0 Å². The number of hydrogen-bond donors (Lipinski definition) is 2. The number of halogens is 1. The van der Waals surface area contributed by atoms with E-state index >= 15 is 0 Å². The van der Waals surface area contributed by atoms with Crippen LogP contribution in [0.2, 0.25) is 5.02 Å². The molecule has 2 N–H and O–H groups in total. The number of esters is 1. The SMILES string of the molecule is CCc1ccccc1NC(=O)CSC1=C(C#N)C(c2ccc(Cl)cc2)C(C(=O)OCCOC)=C(C)N1. The van der Waals surface area contributed by atoms with Gasteiger partial charge in [-0.15, -0.1) is 0 Å². The summed E-state index contributed by atoms with van der Waals surface area (Å²) in [6, 6.07) is 16.9. The lowest BCUT2D eigenvalue weighted by atomic mass is 9.82. The lowest BCUT2D eigenvalue weighted by Gasteiger charge is -2.29. The fraction of sp³-hybridized carbons (Fsp3) is 0.296. The number of methoxy groups -OCH3 is 1. The molecule has 36 heavy (non-hydrogen) atoms. The number of carbonyl (C=O) groups is 2. The summed E-state index contributed by atoms with van der Waals surface area (Å²) in [6.45, 7) is 4.13. The van der Waals surface area contributed by atoms with E-state index in [2.05, 4.69) is 16.7 Å². The predicted molar refractivity (Wildman–Crippen MR) is 142 cm³/mol. The van der Waals surface area contributed by atoms with Gasteiger partial charge in [0.25, 0.3) is 0 Å². The number of ether oxygens (including phenoxy) is 2. The Bertz CT molecular complexity index is 1220. The second-order valence-corrected chi connectivity index (χ2v) is 9.40. The summed E-state index contributed by atoms with van der Waals surface area (Å²) in [6.07, 6.45) is 0.797. The zero-order valence-corrected chi connectivity index (χ0v) is 22.0. The molecule has 0 saturated carbocycles. The van der Waals surface area contributed by atoms with Crippen molar-refractivity contribution in [2.75, 3.05) is 31.4 Å². The number of anilines is 1. The maximum Gasteiger partial charge on any atom is 0.336 e. The number of dihydropyridines is 1. The lowest BCUT2D eigenvalue weighted by molar-refractivity contribution is -0.140. The molecular weight excluding hydrogens is 498 g/mol. The molecule has 3 rings (SSSR count). The molecule has 1 atom stereocenters. The van der Waals surface area contributed by atoms with Gasteiger partial charge in [0.1, 0.15) is 6.61 Å². The first kappa shape index (κ1) is 27.3. The van der Waals surface area contributed by atoms with E-state index in [1.807, 2.05) is 31.2 Å². The van der Waals surface area contributed by atoms with Gasteiger partial charge >= 0.3 is 5.97 Å². The van der Waals surface area contributed by atoms with Gasteiger partial charge in [0.05, 0.1) is 40.5 Å². The smallest absolute Gasteiger partial charge is 0.336 e. The molecule has 7 nitrogen and oxygen atoms in total. The van der Waals surface area contributed by atoms with E-state index < -0.39 is 11.9 Å². The second-order valence-electron chi connectivity index (χ2n) is 7.98. The summed E-state index contributed by atoms with van der Waals surface area (Å²) in [5, 5.41) is 17.3. The summed E-state index contributed by atoms with van der Waals surface area (Å²) in [5.41, 5.74) is 3.74. The number of nitriles is 1. The van der Waals surface area contributed by atoms with E-state index in [0.29, 0.717) is 26.9 Å². The number of benzene rings is 2. The zero-order chi connectivity index (χ0) is 26.1. The van der Waals surface area contributed by atoms with Crippen LogP contribution in [0.15, 0.2) is 70.4 Å². The maximum atomic E-state index is 13.0. The predicted octanol–water partition coefficient (Wildman–Crippen LogP) is 5.16. The number of amides is 1. The van der Waals surface area contributed by atoms with Crippen LogP contribution in [0.4, 0.5) is 5.69 Å². The van der Waals surface area contributed by atoms with Crippen LogP contribution in [0.1, 0.15) is 30.9 Å². The van der Waals surface area contributed by atoms with Crippen LogP contribution in [0.5, 0.6) is 0 Å². The molecule has 0 saturated heterocycles. The lowest BCUT2D eigenvalue weighted by Crippen LogP contribution is -2.29. The van der Waals surface area contributed by atoms with Gasteiger partial charge in [-0.05, 0) is 42.7 Å². The number of carbonyl (C=O) groups excluding carboxylic acids is 2. The summed E-state index contributed by atoms with van der Waals surface area (Å²) < 4.78 is 10.4. The molecule has 0 radical (unpaired) electrons. The molecular formula is C27H28ClN3O4S. The first-order valence-corrected chi connectivity index (χ1v) is 12.8. The summed E-state index contributed by atoms with van der Waals surface area (Å²) >= 11 is 7.29. The van der Waals surface area contributed by atoms with Crippen molar-refractivity contribution in [2.45, 2.75) is 26.2 Å². The average molecular weight is 526 g/mol. The number of aryl methyl sites for hydroxylation is 1. The normalized spacial score (nSPS) is 15.2. The molecule has 188 valence electrons. The van der Waals surface area contributed by atoms with Crippen molar-refractivity contribution in [3.05, 3.63) is 86.6 Å². The van der Waals surface area contributed by atoms with Gasteiger partial charge in [0.2, 0.25) is 5.91 Å². The Labute approximate surface area is 220 Å². The number of thioether (sulfide) groups is 1. The van der Waals surface area contributed by atoms with Gasteiger partial charge in [0.15, 0.2) is 0 Å². The minimum absolute atomic E-state index is 0.0831. The number of rotatable bonds is 10. The van der Waals surface area contributed by atoms with Crippen LogP contribution < -0.4 is 10.6 Å². The van der Waals surface area contributed by atoms with Gasteiger partial charge < -0.3 is 20.1 Å². The highest BCUT2D eigenvalue weighted by molar-refractivity contribution is 8.03. The van der Waals surface area contributed by atoms with Crippen molar-refractivity contribution in [3.8, 4) is 6.07 Å². The van der Waals surface area contributed by atoms with Crippen molar-refractivity contribution in [2.24, 2.45) is 0 Å². The third kappa shape index (κ3) is 6.70. The molecule has 2 aromatic carbocycles. The van der Waals surface area contributed by atoms with E-state index in [1.165, 1.54) is 18.9 Å². The van der Waals surface area contributed by atoms with Crippen molar-refractivity contribution in [1.82, 2.24) is 5.32 Å². The topological polar surface area (TPSA) is 100 Å². The molecule has 0 aromatic heterocycles. The van der Waals surface area contributed by atoms with Crippen LogP contribution in [-0.4, -0.2) is 38.0 Å². The number of allylic oxidation sites excluding steroid dienone is 2. The first-order valence-electron chi connectivity index (χ1n) is 11.4. The Morgan fingerprint density at radius 1 is 1.17 bits per heavy atom. The largest absolute Gasteiger partial charge is 0.460 e. The third-order valence-corrected chi connectivity index (χ3v) is 6.88. The molecule has 2 aromatic rings. The van der Waals surface area contributed by atoms with Gasteiger partial charge in [-0.3, -0.25) is 4.79 Å². The Morgan fingerprint density at radius 2 is 1.89 bits per heavy atom. The van der Waals surface area contributed by atoms with Crippen LogP contribution in [0.3, 0.4) is 0 Å². The van der Waals surface area contributed by atoms with Gasteiger partial charge in [-0.2, -0.15) is 5.26 Å². The molecule has 0 spiro atoms. The van der Waals surface area contributed by atoms with E-state index in [1.54, 1.807) is 31.2 Å². The molecule has 0 fully saturated rings. The standard InChI is InChI=1S/C27H28ClN3O4S/c1-4-18-7-5-6-8-22(18)31-23(32)16-36-26-21(15-29)25(19-9-11-20(28)12-10-19)24(17(2)30-26)27(33)35-14-13-34-3/h5-12,25,30H,4,13-14,16H2,1-3H3,(H,31,32). The van der Waals surface area contributed by atoms with Gasteiger partial charge in [-0.25, -0.2) is 4.79 Å². The number of hydrogen-bond acceptors (Lipinski definition) is 7. The quantitative estimate of drug-likeness (QED) is 0.326. The Hall–Kier alpha value is -3.25. The molecule has 0 aliphatic carbocycles. The van der Waals surface area contributed by atoms with Crippen LogP contribution >= 0.6 is 23.4 Å². The highest BCUT2D eigenvalue weighted by Gasteiger charge is 2.35. The number of nitrogens with one attached hydrogen (secondary N) is 2. The monoisotopic (exact) mass is 525 g/mol. The number of nitrogens with zero attached hydrogens (tertiary/aromatic N) is 1. The van der Waals surface area contributed by atoms with E-state index in [-0.39, 0.29) is 24.9 Å². The van der Waals surface area contributed by atoms with Gasteiger partial charge in [-0.1, -0.05) is 60.6 Å². The van der Waals surface area contributed by atoms with E-state index in [4.69, 9.17) is 21.1 Å². The van der Waals surface area contributed by atoms with Crippen molar-refractivity contribution < 1.29 is 19.1 Å². The van der Waals surface area contributed by atoms with Crippen molar-refractivity contribution in [1.29, 1.82) is 5.26 Å². The Morgan fingerprint density at radius 3 is 2.56 bits per heavy atom. The van der Waals surface area contributed by atoms with Crippen molar-refractivity contribution >= 4 is 40.9 Å². The summed E-state index contributed by atoms with van der Waals surface area (Å²) in [4.78, 5) is 25.8. The second kappa shape index (κ2) is 13.2. The Balaban J connectivity index is 1.88. The molecule has 0 bridgehead atoms.